The number of hydrogen-bond donors (Lipinski definition) is 0. The molecule has 0 saturated heterocycles. The van der Waals surface area contributed by atoms with Crippen LogP contribution in [0.25, 0.3) is 0 Å². The van der Waals surface area contributed by atoms with E-state index in [1.807, 2.05) is 0 Å². The second-order valence-electron chi connectivity index (χ2n) is 3.13. The first-order chi connectivity index (χ1) is 7.54. The SMILES string of the molecule is C=C(C)CP(=O)(OCC#CC)OCC#CC. The lowest BCUT2D eigenvalue weighted by molar-refractivity contribution is 0.244. The highest BCUT2D eigenvalue weighted by Gasteiger charge is 2.23. The van der Waals surface area contributed by atoms with Crippen LogP contribution in [0.5, 0.6) is 0 Å². The van der Waals surface area contributed by atoms with Crippen LogP contribution in [0.2, 0.25) is 0 Å². The third-order valence-corrected chi connectivity index (χ3v) is 3.46. The van der Waals surface area contributed by atoms with Gasteiger partial charge in [-0.2, -0.15) is 0 Å². The fourth-order valence-corrected chi connectivity index (χ4v) is 2.31. The molecule has 0 saturated carbocycles. The summed E-state index contributed by atoms with van der Waals surface area (Å²) in [6, 6.07) is 0. The van der Waals surface area contributed by atoms with E-state index in [2.05, 4.69) is 30.3 Å². The Bertz CT molecular complexity index is 362. The zero-order valence-electron chi connectivity index (χ0n) is 10.0. The summed E-state index contributed by atoms with van der Waals surface area (Å²) in [6.45, 7) is 9.04. The van der Waals surface area contributed by atoms with Gasteiger partial charge in [-0.1, -0.05) is 24.0 Å². The summed E-state index contributed by atoms with van der Waals surface area (Å²) < 4.78 is 22.4. The molecule has 0 bridgehead atoms. The van der Waals surface area contributed by atoms with E-state index in [1.54, 1.807) is 20.8 Å². The standard InChI is InChI=1S/C12H17O3P/c1-5-7-9-14-16(13,11-12(3)4)15-10-8-6-2/h3,9-11H2,1-2,4H3. The molecule has 4 heteroatoms. The summed E-state index contributed by atoms with van der Waals surface area (Å²) in [5.74, 6) is 10.7. The fourth-order valence-electron chi connectivity index (χ4n) is 0.865. The molecule has 0 atom stereocenters. The van der Waals surface area contributed by atoms with Crippen LogP contribution < -0.4 is 0 Å². The molecule has 0 unspecified atom stereocenters. The molecular weight excluding hydrogens is 223 g/mol. The van der Waals surface area contributed by atoms with Crippen molar-refractivity contribution in [3.8, 4) is 23.7 Å². The minimum Gasteiger partial charge on any atom is -0.295 e. The molecule has 0 aliphatic rings. The zero-order valence-corrected chi connectivity index (χ0v) is 10.9. The van der Waals surface area contributed by atoms with Crippen molar-refractivity contribution in [2.75, 3.05) is 19.4 Å². The fraction of sp³-hybridized carbons (Fsp3) is 0.500. The first kappa shape index (κ1) is 15.0. The van der Waals surface area contributed by atoms with Gasteiger partial charge >= 0.3 is 7.60 Å². The van der Waals surface area contributed by atoms with Crippen LogP contribution in [0.15, 0.2) is 12.2 Å². The third kappa shape index (κ3) is 7.32. The van der Waals surface area contributed by atoms with E-state index < -0.39 is 7.60 Å². The van der Waals surface area contributed by atoms with Gasteiger partial charge in [-0.05, 0) is 20.8 Å². The summed E-state index contributed by atoms with van der Waals surface area (Å²) in [7, 11) is -3.14. The lowest BCUT2D eigenvalue weighted by atomic mass is 10.4. The van der Waals surface area contributed by atoms with Gasteiger partial charge in [0.05, 0.1) is 6.16 Å². The molecule has 0 aliphatic heterocycles. The summed E-state index contributed by atoms with van der Waals surface area (Å²) in [5.41, 5.74) is 0.747. The van der Waals surface area contributed by atoms with Gasteiger partial charge in [-0.25, -0.2) is 0 Å². The van der Waals surface area contributed by atoms with Gasteiger partial charge in [0.15, 0.2) is 0 Å². The Morgan fingerprint density at radius 2 is 1.62 bits per heavy atom. The molecule has 0 aromatic rings. The quantitative estimate of drug-likeness (QED) is 0.407. The molecule has 3 nitrogen and oxygen atoms in total. The number of allylic oxidation sites excluding steroid dienone is 1. The molecule has 0 fully saturated rings. The smallest absolute Gasteiger partial charge is 0.295 e. The highest BCUT2D eigenvalue weighted by atomic mass is 31.2. The Hall–Kier alpha value is -0.990. The molecule has 0 heterocycles. The number of rotatable bonds is 6. The molecule has 0 N–H and O–H groups in total. The van der Waals surface area contributed by atoms with Crippen LogP contribution in [0.1, 0.15) is 20.8 Å². The van der Waals surface area contributed by atoms with Crippen molar-refractivity contribution in [1.82, 2.24) is 0 Å². The highest BCUT2D eigenvalue weighted by molar-refractivity contribution is 7.54. The van der Waals surface area contributed by atoms with Crippen molar-refractivity contribution in [3.05, 3.63) is 12.2 Å². The molecule has 0 rings (SSSR count). The van der Waals surface area contributed by atoms with Crippen molar-refractivity contribution in [2.45, 2.75) is 20.8 Å². The molecule has 0 amide bonds. The van der Waals surface area contributed by atoms with Crippen LogP contribution in [-0.2, 0) is 13.6 Å². The zero-order chi connectivity index (χ0) is 12.4. The van der Waals surface area contributed by atoms with Crippen LogP contribution in [0.4, 0.5) is 0 Å². The Kier molecular flexibility index (Phi) is 7.69. The molecule has 16 heavy (non-hydrogen) atoms. The minimum atomic E-state index is -3.14. The summed E-state index contributed by atoms with van der Waals surface area (Å²) >= 11 is 0. The van der Waals surface area contributed by atoms with Crippen LogP contribution >= 0.6 is 7.60 Å². The van der Waals surface area contributed by atoms with E-state index in [4.69, 9.17) is 9.05 Å². The molecule has 0 aromatic carbocycles. The van der Waals surface area contributed by atoms with Gasteiger partial charge in [0.25, 0.3) is 0 Å². The maximum absolute atomic E-state index is 12.1. The predicted octanol–water partition coefficient (Wildman–Crippen LogP) is 2.84. The highest BCUT2D eigenvalue weighted by Crippen LogP contribution is 2.49. The van der Waals surface area contributed by atoms with E-state index >= 15 is 0 Å². The van der Waals surface area contributed by atoms with Gasteiger partial charge in [0.1, 0.15) is 13.2 Å². The van der Waals surface area contributed by atoms with Crippen molar-refractivity contribution in [1.29, 1.82) is 0 Å². The summed E-state index contributed by atoms with van der Waals surface area (Å²) in [5, 5.41) is 0. The van der Waals surface area contributed by atoms with E-state index in [0.29, 0.717) is 0 Å². The van der Waals surface area contributed by atoms with Crippen molar-refractivity contribution in [2.24, 2.45) is 0 Å². The molecule has 0 spiro atoms. The minimum absolute atomic E-state index is 0.0978. The Morgan fingerprint density at radius 3 is 1.94 bits per heavy atom. The van der Waals surface area contributed by atoms with E-state index in [1.165, 1.54) is 0 Å². The summed E-state index contributed by atoms with van der Waals surface area (Å²) in [6.07, 6.45) is 0.198. The van der Waals surface area contributed by atoms with Crippen LogP contribution in [0.3, 0.4) is 0 Å². The van der Waals surface area contributed by atoms with Crippen molar-refractivity contribution >= 4 is 7.60 Å². The maximum atomic E-state index is 12.1. The Labute approximate surface area is 97.8 Å². The molecular formula is C12H17O3P. The molecule has 0 aromatic heterocycles. The van der Waals surface area contributed by atoms with Gasteiger partial charge in [-0.15, -0.1) is 11.8 Å². The average Bonchev–Trinajstić information content (AvgIpc) is 2.17. The predicted molar refractivity (Wildman–Crippen MR) is 66.1 cm³/mol. The second kappa shape index (κ2) is 8.20. The van der Waals surface area contributed by atoms with Crippen molar-refractivity contribution < 1.29 is 13.6 Å². The third-order valence-electron chi connectivity index (χ3n) is 1.48. The van der Waals surface area contributed by atoms with Gasteiger partial charge < -0.3 is 0 Å². The maximum Gasteiger partial charge on any atom is 0.336 e. The van der Waals surface area contributed by atoms with Crippen LogP contribution in [0, 0.1) is 23.7 Å². The molecule has 88 valence electrons. The summed E-state index contributed by atoms with van der Waals surface area (Å²) in [4.78, 5) is 0. The van der Waals surface area contributed by atoms with Gasteiger partial charge in [0.2, 0.25) is 0 Å². The second-order valence-corrected chi connectivity index (χ2v) is 5.18. The first-order valence-electron chi connectivity index (χ1n) is 4.86. The first-order valence-corrected chi connectivity index (χ1v) is 6.58. The van der Waals surface area contributed by atoms with Crippen molar-refractivity contribution in [3.63, 3.8) is 0 Å². The van der Waals surface area contributed by atoms with E-state index in [-0.39, 0.29) is 19.4 Å². The topological polar surface area (TPSA) is 35.5 Å². The lowest BCUT2D eigenvalue weighted by Gasteiger charge is -2.15. The average molecular weight is 240 g/mol. The van der Waals surface area contributed by atoms with Crippen LogP contribution in [-0.4, -0.2) is 19.4 Å². The van der Waals surface area contributed by atoms with Gasteiger partial charge in [0, 0.05) is 0 Å². The molecule has 0 aliphatic carbocycles. The van der Waals surface area contributed by atoms with E-state index in [9.17, 15) is 4.57 Å². The Morgan fingerprint density at radius 1 is 1.19 bits per heavy atom. The van der Waals surface area contributed by atoms with E-state index in [0.717, 1.165) is 5.57 Å². The lowest BCUT2D eigenvalue weighted by Crippen LogP contribution is -2.01. The Balaban J connectivity index is 4.43. The largest absolute Gasteiger partial charge is 0.336 e. The number of hydrogen-bond acceptors (Lipinski definition) is 3. The molecule has 0 radical (unpaired) electrons. The van der Waals surface area contributed by atoms with Gasteiger partial charge in [-0.3, -0.25) is 13.6 Å². The monoisotopic (exact) mass is 240 g/mol. The normalized spacial score (nSPS) is 9.69.